The van der Waals surface area contributed by atoms with Crippen molar-refractivity contribution < 1.29 is 17.8 Å². The van der Waals surface area contributed by atoms with E-state index in [9.17, 15) is 4.79 Å². The van der Waals surface area contributed by atoms with Crippen LogP contribution in [0.1, 0.15) is 33.0 Å². The number of aryl methyl sites for hydroxylation is 1. The molecular weight excluding hydrogens is 421 g/mol. The molecule has 0 saturated carbocycles. The summed E-state index contributed by atoms with van der Waals surface area (Å²) in [6, 6.07) is 6.23. The van der Waals surface area contributed by atoms with Gasteiger partial charge in [-0.1, -0.05) is 35.3 Å². The minimum absolute atomic E-state index is 0.0562. The number of nitrogens with one attached hydrogen (secondary N) is 1. The molecule has 7 heteroatoms. The summed E-state index contributed by atoms with van der Waals surface area (Å²) in [5, 5.41) is 3.40. The van der Waals surface area contributed by atoms with Crippen LogP contribution in [0.15, 0.2) is 36.4 Å². The van der Waals surface area contributed by atoms with Crippen LogP contribution in [0.3, 0.4) is 0 Å². The van der Waals surface area contributed by atoms with Crippen LogP contribution >= 0.6 is 23.2 Å². The first-order valence-electron chi connectivity index (χ1n) is 13.0. The van der Waals surface area contributed by atoms with Gasteiger partial charge < -0.3 is 15.0 Å². The van der Waals surface area contributed by atoms with Gasteiger partial charge in [-0.3, -0.25) is 9.69 Å². The van der Waals surface area contributed by atoms with E-state index in [1.165, 1.54) is 0 Å². The van der Waals surface area contributed by atoms with Crippen LogP contribution in [0, 0.1) is 0 Å². The van der Waals surface area contributed by atoms with Crippen molar-refractivity contribution in [1.29, 1.82) is 0 Å². The standard InChI is InChI=1S/C23H27Cl2N3O2/c24-19-4-3-5-21(23(19)25)28-13-11-27(12-14-28)10-1-2-15-30-18-8-6-17-7-9-22(29)26-20(17)16-18/h3-6,8,16H,1-2,7,9-15H2,(H,26,29)/i7D2,8D,9D2,16D. The second kappa shape index (κ2) is 9.90. The number of anilines is 2. The zero-order valence-corrected chi connectivity index (χ0v) is 17.9. The Bertz CT molecular complexity index is 1160. The van der Waals surface area contributed by atoms with Crippen LogP contribution in [0.2, 0.25) is 10.0 Å². The summed E-state index contributed by atoms with van der Waals surface area (Å²) < 4.78 is 53.9. The van der Waals surface area contributed by atoms with Crippen molar-refractivity contribution in [3.63, 3.8) is 0 Å². The second-order valence-electron chi connectivity index (χ2n) is 7.19. The third-order valence-corrected chi connectivity index (χ3v) is 5.97. The normalized spacial score (nSPS) is 23.1. The first kappa shape index (κ1) is 15.0. The molecule has 4 rings (SSSR count). The minimum Gasteiger partial charge on any atom is -0.494 e. The van der Waals surface area contributed by atoms with Gasteiger partial charge in [0.2, 0.25) is 5.91 Å². The SMILES string of the molecule is [2H]c1cc2c(c([2H])c1OCCCCN1CCN(c3cccc(Cl)c3Cl)CC1)NC(=O)C([2H])([2H])C2([2H])[2H]. The molecule has 0 aromatic heterocycles. The van der Waals surface area contributed by atoms with E-state index in [-0.39, 0.29) is 35.7 Å². The monoisotopic (exact) mass is 453 g/mol. The molecule has 2 aliphatic rings. The number of ether oxygens (including phenoxy) is 1. The van der Waals surface area contributed by atoms with Gasteiger partial charge in [-0.2, -0.15) is 0 Å². The number of halogens is 2. The zero-order chi connectivity index (χ0) is 26.3. The van der Waals surface area contributed by atoms with Gasteiger partial charge in [-0.25, -0.2) is 0 Å². The molecule has 1 saturated heterocycles. The fourth-order valence-electron chi connectivity index (χ4n) is 3.53. The highest BCUT2D eigenvalue weighted by Crippen LogP contribution is 2.33. The summed E-state index contributed by atoms with van der Waals surface area (Å²) in [6.45, 7) is 4.59. The maximum atomic E-state index is 12.1. The van der Waals surface area contributed by atoms with E-state index < -0.39 is 18.7 Å². The van der Waals surface area contributed by atoms with Crippen molar-refractivity contribution in [3.05, 3.63) is 52.0 Å². The van der Waals surface area contributed by atoms with Crippen molar-refractivity contribution in [1.82, 2.24) is 4.90 Å². The van der Waals surface area contributed by atoms with Gasteiger partial charge >= 0.3 is 0 Å². The smallest absolute Gasteiger partial charge is 0.224 e. The summed E-state index contributed by atoms with van der Waals surface area (Å²) in [5.41, 5.74) is 0.566. The molecule has 0 bridgehead atoms. The van der Waals surface area contributed by atoms with Gasteiger partial charge in [0, 0.05) is 49.8 Å². The summed E-state index contributed by atoms with van der Waals surface area (Å²) in [7, 11) is 0. The molecule has 2 heterocycles. The van der Waals surface area contributed by atoms with E-state index >= 15 is 0 Å². The first-order chi connectivity index (χ1) is 16.9. The van der Waals surface area contributed by atoms with Crippen LogP contribution in [0.5, 0.6) is 5.75 Å². The lowest BCUT2D eigenvalue weighted by Gasteiger charge is -2.36. The van der Waals surface area contributed by atoms with Crippen LogP contribution in [0.25, 0.3) is 0 Å². The summed E-state index contributed by atoms with van der Waals surface area (Å²) in [6.07, 6.45) is -3.95. The summed E-state index contributed by atoms with van der Waals surface area (Å²) >= 11 is 12.5. The molecule has 1 fully saturated rings. The molecule has 2 aromatic rings. The topological polar surface area (TPSA) is 44.8 Å². The Balaban J connectivity index is 1.28. The number of carbonyl (C=O) groups is 1. The number of benzene rings is 2. The molecule has 0 aliphatic carbocycles. The van der Waals surface area contributed by atoms with Crippen molar-refractivity contribution in [2.24, 2.45) is 0 Å². The van der Waals surface area contributed by atoms with Gasteiger partial charge in [-0.05, 0) is 49.5 Å². The maximum absolute atomic E-state index is 12.1. The van der Waals surface area contributed by atoms with Gasteiger partial charge in [0.1, 0.15) is 5.75 Å². The molecule has 5 nitrogen and oxygen atoms in total. The average molecular weight is 454 g/mol. The van der Waals surface area contributed by atoms with E-state index in [0.29, 0.717) is 16.5 Å². The number of hydrogen-bond acceptors (Lipinski definition) is 4. The number of nitrogens with zero attached hydrogens (tertiary/aromatic N) is 2. The largest absolute Gasteiger partial charge is 0.494 e. The fourth-order valence-corrected chi connectivity index (χ4v) is 3.95. The molecule has 30 heavy (non-hydrogen) atoms. The summed E-state index contributed by atoms with van der Waals surface area (Å²) in [5.74, 6) is -1.21. The number of amides is 1. The number of unbranched alkanes of at least 4 members (excludes halogenated alkanes) is 1. The van der Waals surface area contributed by atoms with Crippen LogP contribution in [0.4, 0.5) is 11.4 Å². The third-order valence-electron chi connectivity index (χ3n) is 5.16. The fraction of sp³-hybridized carbons (Fsp3) is 0.435. The highest BCUT2D eigenvalue weighted by atomic mass is 35.5. The number of hydrogen-bond donors (Lipinski definition) is 1. The highest BCUT2D eigenvalue weighted by Gasteiger charge is 2.19. The van der Waals surface area contributed by atoms with E-state index in [2.05, 4.69) is 15.1 Å². The van der Waals surface area contributed by atoms with Crippen molar-refractivity contribution in [3.8, 4) is 5.75 Å². The predicted molar refractivity (Wildman–Crippen MR) is 123 cm³/mol. The van der Waals surface area contributed by atoms with E-state index in [1.807, 2.05) is 12.1 Å². The van der Waals surface area contributed by atoms with Gasteiger partial charge in [0.15, 0.2) is 0 Å². The van der Waals surface area contributed by atoms with Crippen molar-refractivity contribution in [2.45, 2.75) is 25.6 Å². The third kappa shape index (κ3) is 5.20. The number of carbonyl (C=O) groups excluding carboxylic acids is 1. The Labute approximate surface area is 196 Å². The Kier molecular flexibility index (Phi) is 4.94. The minimum atomic E-state index is -2.81. The molecule has 1 amide bonds. The van der Waals surface area contributed by atoms with Gasteiger partial charge in [-0.15, -0.1) is 0 Å². The van der Waals surface area contributed by atoms with Crippen LogP contribution in [-0.4, -0.2) is 50.1 Å². The number of fused-ring (bicyclic) bond motifs is 1. The number of piperazine rings is 1. The first-order valence-corrected chi connectivity index (χ1v) is 10.7. The Morgan fingerprint density at radius 2 is 1.97 bits per heavy atom. The molecule has 1 N–H and O–H groups in total. The Morgan fingerprint density at radius 3 is 2.80 bits per heavy atom. The quantitative estimate of drug-likeness (QED) is 0.607. The molecule has 0 unspecified atom stereocenters. The molecule has 0 radical (unpaired) electrons. The van der Waals surface area contributed by atoms with Crippen molar-refractivity contribution in [2.75, 3.05) is 49.5 Å². The molecule has 160 valence electrons. The molecule has 0 spiro atoms. The average Bonchev–Trinajstić information content (AvgIpc) is 2.83. The lowest BCUT2D eigenvalue weighted by atomic mass is 10.0. The van der Waals surface area contributed by atoms with Crippen LogP contribution < -0.4 is 15.0 Å². The highest BCUT2D eigenvalue weighted by molar-refractivity contribution is 6.43. The maximum Gasteiger partial charge on any atom is 0.224 e. The Hall–Kier alpha value is -1.95. The molecular formula is C23H27Cl2N3O2. The Morgan fingerprint density at radius 1 is 1.13 bits per heavy atom. The van der Waals surface area contributed by atoms with E-state index in [0.717, 1.165) is 50.9 Å². The number of rotatable bonds is 7. The molecule has 2 aromatic carbocycles. The zero-order valence-electron chi connectivity index (χ0n) is 22.4. The van der Waals surface area contributed by atoms with Crippen molar-refractivity contribution >= 4 is 40.5 Å². The molecule has 2 aliphatic heterocycles. The molecule has 0 atom stereocenters. The predicted octanol–water partition coefficient (Wildman–Crippen LogP) is 4.86. The lowest BCUT2D eigenvalue weighted by molar-refractivity contribution is -0.116. The lowest BCUT2D eigenvalue weighted by Crippen LogP contribution is -2.46. The summed E-state index contributed by atoms with van der Waals surface area (Å²) in [4.78, 5) is 16.7. The second-order valence-corrected chi connectivity index (χ2v) is 7.98. The van der Waals surface area contributed by atoms with E-state index in [4.69, 9.17) is 36.2 Å². The van der Waals surface area contributed by atoms with E-state index in [1.54, 1.807) is 6.07 Å². The van der Waals surface area contributed by atoms with Gasteiger partial charge in [0.25, 0.3) is 0 Å². The van der Waals surface area contributed by atoms with Gasteiger partial charge in [0.05, 0.1) is 25.1 Å². The van der Waals surface area contributed by atoms with Crippen LogP contribution in [-0.2, 0) is 11.2 Å².